The van der Waals surface area contributed by atoms with E-state index in [2.05, 4.69) is 29.0 Å². The van der Waals surface area contributed by atoms with E-state index < -0.39 is 0 Å². The van der Waals surface area contributed by atoms with Crippen LogP contribution in [0.25, 0.3) is 0 Å². The Labute approximate surface area is 90.1 Å². The molecule has 0 saturated heterocycles. The molecule has 0 amide bonds. The molecule has 1 aliphatic rings. The Kier molecular flexibility index (Phi) is 2.77. The third kappa shape index (κ3) is 2.21. The fourth-order valence-electron chi connectivity index (χ4n) is 1.66. The maximum Gasteiger partial charge on any atom is 0.0534 e. The molecule has 0 N–H and O–H groups in total. The molecule has 1 aliphatic heterocycles. The first-order valence-corrected chi connectivity index (χ1v) is 5.08. The summed E-state index contributed by atoms with van der Waals surface area (Å²) in [4.78, 5) is 8.73. The summed E-state index contributed by atoms with van der Waals surface area (Å²) in [7, 11) is 0. The normalized spacial score (nSPS) is 15.6. The Morgan fingerprint density at radius 3 is 2.93 bits per heavy atom. The molecule has 0 aromatic carbocycles. The number of hydrogen-bond donors (Lipinski definition) is 0. The number of aromatic nitrogens is 1. The highest BCUT2D eigenvalue weighted by Gasteiger charge is 2.08. The maximum atomic E-state index is 4.45. The molecule has 15 heavy (non-hydrogen) atoms. The molecule has 76 valence electrons. The zero-order valence-electron chi connectivity index (χ0n) is 9.07. The highest BCUT2D eigenvalue weighted by Crippen LogP contribution is 2.15. The lowest BCUT2D eigenvalue weighted by molar-refractivity contribution is 1.17. The standard InChI is InChI=1S/C13H14N2/c1-10-5-3-8-15-13(9-10)12-6-4-7-14-11(12)2/h3-8H,9H2,1-2H3. The molecule has 0 saturated carbocycles. The number of hydrogen-bond acceptors (Lipinski definition) is 2. The highest BCUT2D eigenvalue weighted by atomic mass is 14.7. The lowest BCUT2D eigenvalue weighted by Gasteiger charge is -2.07. The molecule has 2 heteroatoms. The van der Waals surface area contributed by atoms with Crippen molar-refractivity contribution in [3.63, 3.8) is 0 Å². The summed E-state index contributed by atoms with van der Waals surface area (Å²) < 4.78 is 0. The minimum Gasteiger partial charge on any atom is -0.261 e. The second kappa shape index (κ2) is 4.22. The van der Waals surface area contributed by atoms with Gasteiger partial charge in [-0.2, -0.15) is 0 Å². The first-order chi connectivity index (χ1) is 7.27. The van der Waals surface area contributed by atoms with Crippen molar-refractivity contribution >= 4 is 5.71 Å². The van der Waals surface area contributed by atoms with E-state index in [1.807, 2.05) is 31.5 Å². The smallest absolute Gasteiger partial charge is 0.0534 e. The van der Waals surface area contributed by atoms with Crippen LogP contribution in [0, 0.1) is 6.92 Å². The van der Waals surface area contributed by atoms with Crippen molar-refractivity contribution in [2.75, 3.05) is 0 Å². The van der Waals surface area contributed by atoms with Gasteiger partial charge in [0.05, 0.1) is 5.71 Å². The Morgan fingerprint density at radius 1 is 1.27 bits per heavy atom. The van der Waals surface area contributed by atoms with Crippen LogP contribution in [0.2, 0.25) is 0 Å². The Morgan fingerprint density at radius 2 is 2.13 bits per heavy atom. The van der Waals surface area contributed by atoms with Crippen molar-refractivity contribution in [2.24, 2.45) is 4.99 Å². The maximum absolute atomic E-state index is 4.45. The molecule has 2 heterocycles. The highest BCUT2D eigenvalue weighted by molar-refractivity contribution is 6.03. The van der Waals surface area contributed by atoms with E-state index >= 15 is 0 Å². The molecule has 2 rings (SSSR count). The van der Waals surface area contributed by atoms with E-state index in [0.29, 0.717) is 0 Å². The van der Waals surface area contributed by atoms with Crippen LogP contribution in [0.1, 0.15) is 24.6 Å². The van der Waals surface area contributed by atoms with Gasteiger partial charge in [-0.05, 0) is 32.1 Å². The molecule has 2 nitrogen and oxygen atoms in total. The van der Waals surface area contributed by atoms with Crippen molar-refractivity contribution in [3.05, 3.63) is 53.5 Å². The molecule has 0 spiro atoms. The molecule has 0 bridgehead atoms. The predicted molar refractivity (Wildman–Crippen MR) is 63.0 cm³/mol. The van der Waals surface area contributed by atoms with Crippen molar-refractivity contribution in [1.29, 1.82) is 0 Å². The first kappa shape index (κ1) is 9.84. The summed E-state index contributed by atoms with van der Waals surface area (Å²) in [5.41, 5.74) is 4.62. The third-order valence-electron chi connectivity index (χ3n) is 2.46. The summed E-state index contributed by atoms with van der Waals surface area (Å²) in [6.07, 6.45) is 8.64. The lowest BCUT2D eigenvalue weighted by Crippen LogP contribution is -2.04. The summed E-state index contributed by atoms with van der Waals surface area (Å²) >= 11 is 0. The number of rotatable bonds is 1. The quantitative estimate of drug-likeness (QED) is 0.680. The lowest BCUT2D eigenvalue weighted by atomic mass is 10.0. The second-order valence-corrected chi connectivity index (χ2v) is 3.74. The number of pyridine rings is 1. The molecule has 0 unspecified atom stereocenters. The summed E-state index contributed by atoms with van der Waals surface area (Å²) in [6.45, 7) is 4.14. The average molecular weight is 198 g/mol. The summed E-state index contributed by atoms with van der Waals surface area (Å²) in [6, 6.07) is 4.03. The molecule has 0 atom stereocenters. The van der Waals surface area contributed by atoms with Gasteiger partial charge in [0.2, 0.25) is 0 Å². The first-order valence-electron chi connectivity index (χ1n) is 5.08. The second-order valence-electron chi connectivity index (χ2n) is 3.74. The molecule has 0 aliphatic carbocycles. The molecule has 0 radical (unpaired) electrons. The zero-order chi connectivity index (χ0) is 10.7. The number of nitrogens with zero attached hydrogens (tertiary/aromatic N) is 2. The monoisotopic (exact) mass is 198 g/mol. The van der Waals surface area contributed by atoms with E-state index in [0.717, 1.165) is 23.4 Å². The van der Waals surface area contributed by atoms with Gasteiger partial charge in [-0.25, -0.2) is 0 Å². The van der Waals surface area contributed by atoms with Gasteiger partial charge in [0.15, 0.2) is 0 Å². The number of aryl methyl sites for hydroxylation is 1. The molecular formula is C13H14N2. The van der Waals surface area contributed by atoms with Gasteiger partial charge in [-0.3, -0.25) is 9.98 Å². The van der Waals surface area contributed by atoms with Crippen LogP contribution in [-0.2, 0) is 0 Å². The van der Waals surface area contributed by atoms with Gasteiger partial charge in [0.25, 0.3) is 0 Å². The summed E-state index contributed by atoms with van der Waals surface area (Å²) in [5, 5.41) is 0. The SMILES string of the molecule is CC1=CC=CN=C(c2cccnc2C)C1. The van der Waals surface area contributed by atoms with E-state index in [4.69, 9.17) is 0 Å². The number of allylic oxidation sites excluding steroid dienone is 3. The Hall–Kier alpha value is -1.70. The Balaban J connectivity index is 2.40. The van der Waals surface area contributed by atoms with Crippen LogP contribution in [0.15, 0.2) is 47.2 Å². The van der Waals surface area contributed by atoms with E-state index in [-0.39, 0.29) is 0 Å². The van der Waals surface area contributed by atoms with Crippen LogP contribution in [0.4, 0.5) is 0 Å². The van der Waals surface area contributed by atoms with Gasteiger partial charge >= 0.3 is 0 Å². The molecule has 1 aromatic rings. The van der Waals surface area contributed by atoms with Crippen LogP contribution >= 0.6 is 0 Å². The van der Waals surface area contributed by atoms with Crippen LogP contribution in [0.5, 0.6) is 0 Å². The fourth-order valence-corrected chi connectivity index (χ4v) is 1.66. The number of aliphatic imine (C=N–C) groups is 1. The topological polar surface area (TPSA) is 25.2 Å². The van der Waals surface area contributed by atoms with Crippen LogP contribution in [0.3, 0.4) is 0 Å². The van der Waals surface area contributed by atoms with Crippen molar-refractivity contribution in [1.82, 2.24) is 4.98 Å². The van der Waals surface area contributed by atoms with Crippen molar-refractivity contribution < 1.29 is 0 Å². The fraction of sp³-hybridized carbons (Fsp3) is 0.231. The van der Waals surface area contributed by atoms with Gasteiger partial charge in [-0.1, -0.05) is 11.6 Å². The molecular weight excluding hydrogens is 184 g/mol. The van der Waals surface area contributed by atoms with Gasteiger partial charge < -0.3 is 0 Å². The van der Waals surface area contributed by atoms with E-state index in [1.54, 1.807) is 0 Å². The van der Waals surface area contributed by atoms with Gasteiger partial charge in [-0.15, -0.1) is 0 Å². The Bertz CT molecular complexity index is 453. The average Bonchev–Trinajstić information content (AvgIpc) is 2.43. The minimum absolute atomic E-state index is 0.902. The van der Waals surface area contributed by atoms with E-state index in [9.17, 15) is 0 Å². The van der Waals surface area contributed by atoms with Crippen LogP contribution < -0.4 is 0 Å². The zero-order valence-corrected chi connectivity index (χ0v) is 9.07. The van der Waals surface area contributed by atoms with Gasteiger partial charge in [0.1, 0.15) is 0 Å². The van der Waals surface area contributed by atoms with E-state index in [1.165, 1.54) is 5.57 Å². The largest absolute Gasteiger partial charge is 0.261 e. The predicted octanol–water partition coefficient (Wildman–Crippen LogP) is 3.04. The molecule has 0 fully saturated rings. The summed E-state index contributed by atoms with van der Waals surface area (Å²) in [5.74, 6) is 0. The third-order valence-corrected chi connectivity index (χ3v) is 2.46. The van der Waals surface area contributed by atoms with Crippen molar-refractivity contribution in [2.45, 2.75) is 20.3 Å². The van der Waals surface area contributed by atoms with Crippen LogP contribution in [-0.4, -0.2) is 10.7 Å². The molecule has 1 aromatic heterocycles. The van der Waals surface area contributed by atoms with Gasteiger partial charge in [0, 0.05) is 30.1 Å². The minimum atomic E-state index is 0.902. The van der Waals surface area contributed by atoms with Crippen molar-refractivity contribution in [3.8, 4) is 0 Å².